The lowest BCUT2D eigenvalue weighted by atomic mass is 9.77. The number of hydrogen-bond donors (Lipinski definition) is 2. The Balaban J connectivity index is 2.43. The second-order valence-corrected chi connectivity index (χ2v) is 5.23. The molecule has 2 N–H and O–H groups in total. The zero-order valence-electron chi connectivity index (χ0n) is 12.1. The van der Waals surface area contributed by atoms with E-state index in [9.17, 15) is 19.8 Å². The van der Waals surface area contributed by atoms with E-state index in [2.05, 4.69) is 0 Å². The molecular formula is C18H18O4. The molecule has 0 unspecified atom stereocenters. The summed E-state index contributed by atoms with van der Waals surface area (Å²) in [5.41, 5.74) is 1.69. The molecule has 0 aromatic heterocycles. The lowest BCUT2D eigenvalue weighted by Crippen LogP contribution is -2.18. The van der Waals surface area contributed by atoms with Crippen molar-refractivity contribution in [2.75, 3.05) is 0 Å². The van der Waals surface area contributed by atoms with Crippen molar-refractivity contribution in [3.8, 4) is 0 Å². The van der Waals surface area contributed by atoms with Gasteiger partial charge in [0.25, 0.3) is 0 Å². The van der Waals surface area contributed by atoms with Crippen molar-refractivity contribution >= 4 is 11.9 Å². The van der Waals surface area contributed by atoms with E-state index in [4.69, 9.17) is 0 Å². The van der Waals surface area contributed by atoms with Crippen LogP contribution in [0.15, 0.2) is 60.7 Å². The Morgan fingerprint density at radius 1 is 0.682 bits per heavy atom. The van der Waals surface area contributed by atoms with Crippen molar-refractivity contribution in [3.05, 3.63) is 71.8 Å². The van der Waals surface area contributed by atoms with Gasteiger partial charge in [-0.2, -0.15) is 0 Å². The van der Waals surface area contributed by atoms with Gasteiger partial charge in [0.2, 0.25) is 0 Å². The van der Waals surface area contributed by atoms with E-state index in [1.54, 1.807) is 0 Å². The van der Waals surface area contributed by atoms with Gasteiger partial charge in [-0.3, -0.25) is 9.59 Å². The van der Waals surface area contributed by atoms with E-state index in [-0.39, 0.29) is 24.7 Å². The highest BCUT2D eigenvalue weighted by Crippen LogP contribution is 2.38. The van der Waals surface area contributed by atoms with Crippen LogP contribution in [-0.2, 0) is 9.59 Å². The molecule has 2 rings (SSSR count). The lowest BCUT2D eigenvalue weighted by Gasteiger charge is -2.26. The van der Waals surface area contributed by atoms with Crippen LogP contribution in [0.1, 0.15) is 35.8 Å². The quantitative estimate of drug-likeness (QED) is 0.820. The number of aliphatic carboxylic acids is 2. The normalized spacial score (nSPS) is 13.3. The second kappa shape index (κ2) is 7.41. The van der Waals surface area contributed by atoms with Crippen LogP contribution in [0.3, 0.4) is 0 Å². The van der Waals surface area contributed by atoms with Crippen molar-refractivity contribution < 1.29 is 19.8 Å². The van der Waals surface area contributed by atoms with Gasteiger partial charge >= 0.3 is 11.9 Å². The predicted octanol–water partition coefficient (Wildman–Crippen LogP) is 3.50. The number of carbonyl (C=O) groups is 2. The van der Waals surface area contributed by atoms with E-state index in [0.717, 1.165) is 11.1 Å². The number of rotatable bonds is 7. The highest BCUT2D eigenvalue weighted by molar-refractivity contribution is 5.71. The maximum Gasteiger partial charge on any atom is 0.303 e. The summed E-state index contributed by atoms with van der Waals surface area (Å²) in [6.07, 6.45) is -0.201. The average Bonchev–Trinajstić information content (AvgIpc) is 2.52. The first-order valence-corrected chi connectivity index (χ1v) is 7.11. The summed E-state index contributed by atoms with van der Waals surface area (Å²) in [7, 11) is 0. The van der Waals surface area contributed by atoms with Crippen LogP contribution >= 0.6 is 0 Å². The van der Waals surface area contributed by atoms with Gasteiger partial charge in [0, 0.05) is 11.8 Å². The molecule has 0 spiro atoms. The molecule has 114 valence electrons. The molecular weight excluding hydrogens is 280 g/mol. The molecule has 0 bridgehead atoms. The largest absolute Gasteiger partial charge is 0.481 e. The number of carboxylic acid groups (broad SMARTS) is 2. The van der Waals surface area contributed by atoms with Crippen LogP contribution in [0.2, 0.25) is 0 Å². The summed E-state index contributed by atoms with van der Waals surface area (Å²) in [6.45, 7) is 0. The standard InChI is InChI=1S/C18H18O4/c19-17(20)11-15(13-7-3-1-4-8-13)16(12-18(21)22)14-9-5-2-6-10-14/h1-10,15-16H,11-12H2,(H,19,20)(H,21,22)/t15-,16-/m1/s1. The summed E-state index contributed by atoms with van der Waals surface area (Å²) in [4.78, 5) is 22.5. The summed E-state index contributed by atoms with van der Waals surface area (Å²) in [6, 6.07) is 18.5. The zero-order chi connectivity index (χ0) is 15.9. The summed E-state index contributed by atoms with van der Waals surface area (Å²) in [5.74, 6) is -2.62. The van der Waals surface area contributed by atoms with E-state index in [0.29, 0.717) is 0 Å². The van der Waals surface area contributed by atoms with Gasteiger partial charge in [-0.15, -0.1) is 0 Å². The third-order valence-electron chi connectivity index (χ3n) is 3.73. The van der Waals surface area contributed by atoms with Gasteiger partial charge in [0.15, 0.2) is 0 Å². The summed E-state index contributed by atoms with van der Waals surface area (Å²) < 4.78 is 0. The third kappa shape index (κ3) is 4.19. The maximum absolute atomic E-state index is 11.3. The fraction of sp³-hybridized carbons (Fsp3) is 0.222. The molecule has 4 heteroatoms. The molecule has 0 radical (unpaired) electrons. The highest BCUT2D eigenvalue weighted by atomic mass is 16.4. The van der Waals surface area contributed by atoms with Gasteiger partial charge in [-0.1, -0.05) is 60.7 Å². The Bertz CT molecular complexity index is 565. The first-order valence-electron chi connectivity index (χ1n) is 7.11. The monoisotopic (exact) mass is 298 g/mol. The first-order chi connectivity index (χ1) is 10.6. The van der Waals surface area contributed by atoms with Crippen LogP contribution in [0, 0.1) is 0 Å². The minimum absolute atomic E-state index is 0.100. The number of hydrogen-bond acceptors (Lipinski definition) is 2. The fourth-order valence-electron chi connectivity index (χ4n) is 2.76. The lowest BCUT2D eigenvalue weighted by molar-refractivity contribution is -0.140. The molecule has 2 aromatic carbocycles. The van der Waals surface area contributed by atoms with E-state index in [1.807, 2.05) is 60.7 Å². The van der Waals surface area contributed by atoms with Crippen molar-refractivity contribution in [1.82, 2.24) is 0 Å². The van der Waals surface area contributed by atoms with Crippen molar-refractivity contribution in [3.63, 3.8) is 0 Å². The van der Waals surface area contributed by atoms with Crippen LogP contribution in [0.5, 0.6) is 0 Å². The Kier molecular flexibility index (Phi) is 5.31. The van der Waals surface area contributed by atoms with Crippen molar-refractivity contribution in [1.29, 1.82) is 0 Å². The maximum atomic E-state index is 11.3. The molecule has 2 atom stereocenters. The van der Waals surface area contributed by atoms with Gasteiger partial charge in [0.05, 0.1) is 12.8 Å². The molecule has 0 saturated carbocycles. The zero-order valence-corrected chi connectivity index (χ0v) is 12.1. The van der Waals surface area contributed by atoms with Crippen LogP contribution < -0.4 is 0 Å². The van der Waals surface area contributed by atoms with Crippen LogP contribution in [0.4, 0.5) is 0 Å². The molecule has 0 fully saturated rings. The molecule has 0 saturated heterocycles. The van der Waals surface area contributed by atoms with Crippen LogP contribution in [-0.4, -0.2) is 22.2 Å². The first kappa shape index (κ1) is 15.8. The topological polar surface area (TPSA) is 74.6 Å². The minimum atomic E-state index is -0.930. The Hall–Kier alpha value is -2.62. The second-order valence-electron chi connectivity index (χ2n) is 5.23. The molecule has 0 aliphatic carbocycles. The SMILES string of the molecule is O=C(O)C[C@H](c1ccccc1)[C@H](CC(=O)O)c1ccccc1. The Morgan fingerprint density at radius 2 is 1.00 bits per heavy atom. The molecule has 22 heavy (non-hydrogen) atoms. The Morgan fingerprint density at radius 3 is 1.27 bits per heavy atom. The van der Waals surface area contributed by atoms with E-state index >= 15 is 0 Å². The highest BCUT2D eigenvalue weighted by Gasteiger charge is 2.28. The molecule has 0 aliphatic rings. The van der Waals surface area contributed by atoms with E-state index in [1.165, 1.54) is 0 Å². The Labute approximate surface area is 129 Å². The van der Waals surface area contributed by atoms with Gasteiger partial charge in [0.1, 0.15) is 0 Å². The van der Waals surface area contributed by atoms with Gasteiger partial charge < -0.3 is 10.2 Å². The smallest absolute Gasteiger partial charge is 0.303 e. The predicted molar refractivity (Wildman–Crippen MR) is 82.9 cm³/mol. The van der Waals surface area contributed by atoms with Crippen molar-refractivity contribution in [2.24, 2.45) is 0 Å². The molecule has 0 amide bonds. The van der Waals surface area contributed by atoms with Crippen LogP contribution in [0.25, 0.3) is 0 Å². The number of benzene rings is 2. The summed E-state index contributed by atoms with van der Waals surface area (Å²) in [5, 5.41) is 18.5. The molecule has 4 nitrogen and oxygen atoms in total. The van der Waals surface area contributed by atoms with Crippen molar-refractivity contribution in [2.45, 2.75) is 24.7 Å². The van der Waals surface area contributed by atoms with Gasteiger partial charge in [-0.05, 0) is 11.1 Å². The molecule has 0 aliphatic heterocycles. The molecule has 2 aromatic rings. The van der Waals surface area contributed by atoms with E-state index < -0.39 is 11.9 Å². The average molecular weight is 298 g/mol. The minimum Gasteiger partial charge on any atom is -0.481 e. The third-order valence-corrected chi connectivity index (χ3v) is 3.73. The van der Waals surface area contributed by atoms with Gasteiger partial charge in [-0.25, -0.2) is 0 Å². The number of carboxylic acids is 2. The molecule has 0 heterocycles. The fourth-order valence-corrected chi connectivity index (χ4v) is 2.76. The summed E-state index contributed by atoms with van der Waals surface area (Å²) >= 11 is 0.